The number of allylic oxidation sites excluding steroid dienone is 1. The highest BCUT2D eigenvalue weighted by Crippen LogP contribution is 2.67. The molecule has 4 rings (SSSR count). The Labute approximate surface area is 202 Å². The van der Waals surface area contributed by atoms with Crippen LogP contribution in [0, 0.1) is 46.3 Å². The van der Waals surface area contributed by atoms with Crippen LogP contribution < -0.4 is 0 Å². The minimum Gasteiger partial charge on any atom is -0.381 e. The third-order valence-electron chi connectivity index (χ3n) is 11.2. The van der Waals surface area contributed by atoms with Gasteiger partial charge in [-0.25, -0.2) is 0 Å². The molecule has 4 aliphatic carbocycles. The highest BCUT2D eigenvalue weighted by atomic mass is 35.5. The van der Waals surface area contributed by atoms with Gasteiger partial charge in [0.2, 0.25) is 0 Å². The SMILES string of the molecule is CC[C@H](CC[C@@H](C)[C@H]1CC[C@H]2C3=CC(=O)[C@@]4(O)C[C@@H](Cl)CC[C@]4(C)[C@H]3CC[C@]12C)C(C)C. The fourth-order valence-electron chi connectivity index (χ4n) is 8.98. The fraction of sp³-hybridized carbons (Fsp3) is 0.897. The van der Waals surface area contributed by atoms with Crippen molar-refractivity contribution < 1.29 is 9.90 Å². The van der Waals surface area contributed by atoms with Crippen molar-refractivity contribution in [1.82, 2.24) is 0 Å². The number of rotatable bonds is 6. The first-order chi connectivity index (χ1) is 15.0. The van der Waals surface area contributed by atoms with Crippen LogP contribution in [0.1, 0.15) is 106 Å². The van der Waals surface area contributed by atoms with Crippen LogP contribution >= 0.6 is 11.6 Å². The van der Waals surface area contributed by atoms with Crippen molar-refractivity contribution in [1.29, 1.82) is 0 Å². The molecule has 182 valence electrons. The van der Waals surface area contributed by atoms with E-state index in [1.165, 1.54) is 44.1 Å². The van der Waals surface area contributed by atoms with Crippen LogP contribution in [-0.4, -0.2) is 21.9 Å². The van der Waals surface area contributed by atoms with Crippen molar-refractivity contribution in [3.63, 3.8) is 0 Å². The van der Waals surface area contributed by atoms with E-state index in [1.807, 2.05) is 6.08 Å². The molecule has 0 unspecified atom stereocenters. The zero-order valence-corrected chi connectivity index (χ0v) is 22.2. The van der Waals surface area contributed by atoms with Crippen LogP contribution in [0.15, 0.2) is 11.6 Å². The van der Waals surface area contributed by atoms with Gasteiger partial charge in [-0.15, -0.1) is 11.6 Å². The van der Waals surface area contributed by atoms with Gasteiger partial charge >= 0.3 is 0 Å². The van der Waals surface area contributed by atoms with Crippen LogP contribution in [0.4, 0.5) is 0 Å². The van der Waals surface area contributed by atoms with E-state index in [0.29, 0.717) is 23.7 Å². The Morgan fingerprint density at radius 1 is 1.06 bits per heavy atom. The summed E-state index contributed by atoms with van der Waals surface area (Å²) >= 11 is 6.44. The molecule has 0 aliphatic heterocycles. The van der Waals surface area contributed by atoms with Crippen LogP contribution in [0.5, 0.6) is 0 Å². The Bertz CT molecular complexity index is 758. The Morgan fingerprint density at radius 2 is 1.78 bits per heavy atom. The summed E-state index contributed by atoms with van der Waals surface area (Å²) < 4.78 is 0. The van der Waals surface area contributed by atoms with Gasteiger partial charge < -0.3 is 5.11 Å². The van der Waals surface area contributed by atoms with E-state index >= 15 is 0 Å². The first kappa shape index (κ1) is 24.8. The summed E-state index contributed by atoms with van der Waals surface area (Å²) in [5, 5.41) is 11.5. The number of carbonyl (C=O) groups is 1. The monoisotopic (exact) mass is 462 g/mol. The Balaban J connectivity index is 1.56. The molecule has 0 heterocycles. The predicted octanol–water partition coefficient (Wildman–Crippen LogP) is 7.57. The van der Waals surface area contributed by atoms with Crippen LogP contribution in [0.2, 0.25) is 0 Å². The molecule has 0 aromatic heterocycles. The van der Waals surface area contributed by atoms with Gasteiger partial charge in [-0.1, -0.05) is 60.0 Å². The summed E-state index contributed by atoms with van der Waals surface area (Å²) in [5.41, 5.74) is 0.0803. The van der Waals surface area contributed by atoms with Gasteiger partial charge in [-0.05, 0) is 91.9 Å². The Morgan fingerprint density at radius 3 is 2.44 bits per heavy atom. The van der Waals surface area contributed by atoms with E-state index in [2.05, 4.69) is 41.5 Å². The molecule has 0 bridgehead atoms. The Hall–Kier alpha value is -0.340. The molecule has 2 nitrogen and oxygen atoms in total. The van der Waals surface area contributed by atoms with Gasteiger partial charge in [0.15, 0.2) is 5.78 Å². The average molecular weight is 463 g/mol. The van der Waals surface area contributed by atoms with Crippen molar-refractivity contribution in [2.24, 2.45) is 46.3 Å². The summed E-state index contributed by atoms with van der Waals surface area (Å²) in [6.45, 7) is 14.3. The predicted molar refractivity (Wildman–Crippen MR) is 134 cm³/mol. The number of ketones is 1. The molecule has 0 aromatic rings. The number of hydrogen-bond acceptors (Lipinski definition) is 2. The van der Waals surface area contributed by atoms with E-state index in [1.54, 1.807) is 0 Å². The lowest BCUT2D eigenvalue weighted by atomic mass is 9.46. The van der Waals surface area contributed by atoms with Crippen LogP contribution in [-0.2, 0) is 4.79 Å². The minimum absolute atomic E-state index is 0.0555. The van der Waals surface area contributed by atoms with E-state index < -0.39 is 5.60 Å². The van der Waals surface area contributed by atoms with Gasteiger partial charge in [-0.2, -0.15) is 0 Å². The first-order valence-electron chi connectivity index (χ1n) is 13.6. The second kappa shape index (κ2) is 8.71. The first-order valence-corrected chi connectivity index (χ1v) is 14.0. The molecule has 3 saturated carbocycles. The highest BCUT2D eigenvalue weighted by molar-refractivity contribution is 6.21. The molecule has 4 aliphatic rings. The molecule has 1 N–H and O–H groups in total. The third kappa shape index (κ3) is 3.65. The van der Waals surface area contributed by atoms with E-state index in [-0.39, 0.29) is 16.6 Å². The zero-order valence-electron chi connectivity index (χ0n) is 21.4. The largest absolute Gasteiger partial charge is 0.381 e. The third-order valence-corrected chi connectivity index (χ3v) is 11.6. The van der Waals surface area contributed by atoms with E-state index in [4.69, 9.17) is 11.6 Å². The molecule has 3 heteroatoms. The number of aliphatic hydroxyl groups is 1. The van der Waals surface area contributed by atoms with Gasteiger partial charge in [0, 0.05) is 17.2 Å². The van der Waals surface area contributed by atoms with Gasteiger partial charge in [-0.3, -0.25) is 4.79 Å². The van der Waals surface area contributed by atoms with Crippen molar-refractivity contribution >= 4 is 17.4 Å². The molecule has 32 heavy (non-hydrogen) atoms. The van der Waals surface area contributed by atoms with E-state index in [9.17, 15) is 9.90 Å². The maximum atomic E-state index is 13.4. The standard InChI is InChI=1S/C29H47ClO2/c1-7-20(18(2)3)9-8-19(4)23-10-11-24-22-16-26(31)29(32)17-21(30)12-15-28(29,6)25(22)13-14-27(23,24)5/h16,18-21,23-25,32H,7-15,17H2,1-6H3/t19-,20-,21+,23-,24+,25+,27-,28-,29+/m1/s1. The number of alkyl halides is 1. The van der Waals surface area contributed by atoms with Crippen molar-refractivity contribution in [2.45, 2.75) is 117 Å². The summed E-state index contributed by atoms with van der Waals surface area (Å²) in [6, 6.07) is 0. The smallest absolute Gasteiger partial charge is 0.187 e. The molecule has 0 aromatic carbocycles. The number of hydrogen-bond donors (Lipinski definition) is 1. The summed E-state index contributed by atoms with van der Waals surface area (Å²) in [4.78, 5) is 13.4. The van der Waals surface area contributed by atoms with Gasteiger partial charge in [0.05, 0.1) is 0 Å². The second-order valence-electron chi connectivity index (χ2n) is 12.9. The highest BCUT2D eigenvalue weighted by Gasteiger charge is 2.65. The van der Waals surface area contributed by atoms with Gasteiger partial charge in [0.1, 0.15) is 5.60 Å². The summed E-state index contributed by atoms with van der Waals surface area (Å²) in [6.07, 6.45) is 12.9. The molecule has 0 saturated heterocycles. The molecule has 0 radical (unpaired) electrons. The molecule has 3 fully saturated rings. The van der Waals surface area contributed by atoms with Crippen molar-refractivity contribution in [3.8, 4) is 0 Å². The fourth-order valence-corrected chi connectivity index (χ4v) is 9.31. The van der Waals surface area contributed by atoms with E-state index in [0.717, 1.165) is 42.9 Å². The average Bonchev–Trinajstić information content (AvgIpc) is 3.08. The maximum absolute atomic E-state index is 13.4. The summed E-state index contributed by atoms with van der Waals surface area (Å²) in [5.74, 6) is 3.91. The molecular formula is C29H47ClO2. The minimum atomic E-state index is -1.27. The van der Waals surface area contributed by atoms with Crippen LogP contribution in [0.25, 0.3) is 0 Å². The van der Waals surface area contributed by atoms with Crippen LogP contribution in [0.3, 0.4) is 0 Å². The lowest BCUT2D eigenvalue weighted by Crippen LogP contribution is -2.63. The lowest BCUT2D eigenvalue weighted by molar-refractivity contribution is -0.168. The maximum Gasteiger partial charge on any atom is 0.187 e. The number of carbonyl (C=O) groups excluding carboxylic acids is 1. The molecule has 0 amide bonds. The van der Waals surface area contributed by atoms with Crippen molar-refractivity contribution in [3.05, 3.63) is 11.6 Å². The lowest BCUT2D eigenvalue weighted by Gasteiger charge is -2.60. The van der Waals surface area contributed by atoms with Gasteiger partial charge in [0.25, 0.3) is 0 Å². The number of fused-ring (bicyclic) bond motifs is 5. The quantitative estimate of drug-likeness (QED) is 0.413. The molecule has 9 atom stereocenters. The second-order valence-corrected chi connectivity index (χ2v) is 13.5. The number of halogens is 1. The molecular weight excluding hydrogens is 416 g/mol. The molecule has 0 spiro atoms. The summed E-state index contributed by atoms with van der Waals surface area (Å²) in [7, 11) is 0. The zero-order chi connectivity index (χ0) is 23.5. The van der Waals surface area contributed by atoms with Crippen molar-refractivity contribution in [2.75, 3.05) is 0 Å². The Kier molecular flexibility index (Phi) is 6.74. The topological polar surface area (TPSA) is 37.3 Å². The normalized spacial score (nSPS) is 45.7.